The van der Waals surface area contributed by atoms with Crippen LogP contribution >= 0.6 is 0 Å². The first-order valence-corrected chi connectivity index (χ1v) is 6.03. The minimum atomic E-state index is -1.23. The molecule has 1 aromatic heterocycles. The number of furan rings is 1. The highest BCUT2D eigenvalue weighted by Gasteiger charge is 2.27. The Hall–Kier alpha value is -1.77. The zero-order valence-corrected chi connectivity index (χ0v) is 11.2. The van der Waals surface area contributed by atoms with E-state index >= 15 is 0 Å². The van der Waals surface area contributed by atoms with Gasteiger partial charge in [0.25, 0.3) is 0 Å². The summed E-state index contributed by atoms with van der Waals surface area (Å²) < 4.78 is 10.3. The van der Waals surface area contributed by atoms with Crippen LogP contribution in [0.1, 0.15) is 24.9 Å². The maximum absolute atomic E-state index is 11.5. The lowest BCUT2D eigenvalue weighted by Crippen LogP contribution is -2.38. The molecule has 0 saturated carbocycles. The molecule has 0 spiro atoms. The van der Waals surface area contributed by atoms with Gasteiger partial charge in [0, 0.05) is 0 Å². The maximum Gasteiger partial charge on any atom is 0.222 e. The normalized spacial score (nSPS) is 13.6. The molecule has 1 heterocycles. The quantitative estimate of drug-likeness (QED) is 0.569. The van der Waals surface area contributed by atoms with Gasteiger partial charge in [-0.3, -0.25) is 4.79 Å². The Morgan fingerprint density at radius 1 is 1.63 bits per heavy atom. The van der Waals surface area contributed by atoms with Crippen LogP contribution in [0.4, 0.5) is 0 Å². The predicted molar refractivity (Wildman–Crippen MR) is 70.3 cm³/mol. The smallest absolute Gasteiger partial charge is 0.222 e. The van der Waals surface area contributed by atoms with Gasteiger partial charge in [-0.1, -0.05) is 5.92 Å². The minimum absolute atomic E-state index is 0.0773. The fraction of sp³-hybridized carbons (Fsp3) is 0.500. The third-order valence-corrected chi connectivity index (χ3v) is 2.56. The SMILES string of the molecule is C#CCOCCC(=O)NCC(C)(O)c1ccc(C)o1. The largest absolute Gasteiger partial charge is 0.463 e. The summed E-state index contributed by atoms with van der Waals surface area (Å²) in [5, 5.41) is 12.8. The number of aliphatic hydroxyl groups is 1. The highest BCUT2D eigenvalue weighted by Crippen LogP contribution is 2.21. The first-order valence-electron chi connectivity index (χ1n) is 6.03. The van der Waals surface area contributed by atoms with Gasteiger partial charge in [0.05, 0.1) is 19.6 Å². The van der Waals surface area contributed by atoms with Gasteiger partial charge in [-0.25, -0.2) is 0 Å². The lowest BCUT2D eigenvalue weighted by Gasteiger charge is -2.21. The summed E-state index contributed by atoms with van der Waals surface area (Å²) in [6.07, 6.45) is 5.21. The van der Waals surface area contributed by atoms with Crippen LogP contribution in [-0.4, -0.2) is 30.8 Å². The van der Waals surface area contributed by atoms with E-state index in [0.29, 0.717) is 11.5 Å². The Bertz CT molecular complexity index is 456. The van der Waals surface area contributed by atoms with Crippen molar-refractivity contribution in [1.29, 1.82) is 0 Å². The van der Waals surface area contributed by atoms with Gasteiger partial charge < -0.3 is 19.6 Å². The zero-order chi connectivity index (χ0) is 14.3. The Balaban J connectivity index is 2.35. The Morgan fingerprint density at radius 3 is 2.95 bits per heavy atom. The van der Waals surface area contributed by atoms with E-state index in [0.717, 1.165) is 0 Å². The molecule has 1 amide bonds. The molecule has 19 heavy (non-hydrogen) atoms. The lowest BCUT2D eigenvalue weighted by atomic mass is 10.0. The van der Waals surface area contributed by atoms with E-state index in [1.165, 1.54) is 0 Å². The number of ether oxygens (including phenoxy) is 1. The van der Waals surface area contributed by atoms with Gasteiger partial charge in [-0.2, -0.15) is 0 Å². The Kier molecular flexibility index (Phi) is 5.61. The second kappa shape index (κ2) is 6.98. The molecule has 2 N–H and O–H groups in total. The molecule has 1 aromatic rings. The van der Waals surface area contributed by atoms with Crippen LogP contribution in [0.15, 0.2) is 16.5 Å². The van der Waals surface area contributed by atoms with Crippen molar-refractivity contribution >= 4 is 5.91 Å². The van der Waals surface area contributed by atoms with Crippen LogP contribution in [0.3, 0.4) is 0 Å². The van der Waals surface area contributed by atoms with E-state index in [1.807, 2.05) is 0 Å². The van der Waals surface area contributed by atoms with Crippen molar-refractivity contribution in [1.82, 2.24) is 5.32 Å². The molecule has 5 nitrogen and oxygen atoms in total. The summed E-state index contributed by atoms with van der Waals surface area (Å²) in [4.78, 5) is 11.5. The van der Waals surface area contributed by atoms with E-state index in [4.69, 9.17) is 15.6 Å². The van der Waals surface area contributed by atoms with Gasteiger partial charge >= 0.3 is 0 Å². The Labute approximate surface area is 112 Å². The van der Waals surface area contributed by atoms with Crippen molar-refractivity contribution in [2.75, 3.05) is 19.8 Å². The fourth-order valence-electron chi connectivity index (χ4n) is 1.47. The first kappa shape index (κ1) is 15.3. The molecule has 0 fully saturated rings. The van der Waals surface area contributed by atoms with Crippen molar-refractivity contribution in [2.24, 2.45) is 0 Å². The van der Waals surface area contributed by atoms with Crippen LogP contribution in [0.5, 0.6) is 0 Å². The number of hydrogen-bond donors (Lipinski definition) is 2. The molecular formula is C14H19NO4. The standard InChI is InChI=1S/C14H19NO4/c1-4-8-18-9-7-13(16)15-10-14(3,17)12-6-5-11(2)19-12/h1,5-6,17H,7-10H2,2-3H3,(H,15,16). The second-order valence-electron chi connectivity index (χ2n) is 4.47. The zero-order valence-electron chi connectivity index (χ0n) is 11.2. The highest BCUT2D eigenvalue weighted by molar-refractivity contribution is 5.76. The van der Waals surface area contributed by atoms with Crippen LogP contribution in [0.2, 0.25) is 0 Å². The first-order chi connectivity index (χ1) is 8.95. The van der Waals surface area contributed by atoms with Gasteiger partial charge in [0.1, 0.15) is 23.7 Å². The highest BCUT2D eigenvalue weighted by atomic mass is 16.5. The summed E-state index contributed by atoms with van der Waals surface area (Å²) in [6, 6.07) is 3.46. The number of aryl methyl sites for hydroxylation is 1. The van der Waals surface area contributed by atoms with E-state index in [2.05, 4.69) is 11.2 Å². The topological polar surface area (TPSA) is 71.7 Å². The second-order valence-corrected chi connectivity index (χ2v) is 4.47. The molecule has 1 rings (SSSR count). The summed E-state index contributed by atoms with van der Waals surface area (Å²) in [5.74, 6) is 3.24. The minimum Gasteiger partial charge on any atom is -0.463 e. The molecule has 0 radical (unpaired) electrons. The van der Waals surface area contributed by atoms with E-state index in [9.17, 15) is 9.90 Å². The van der Waals surface area contributed by atoms with Gasteiger partial charge in [0.15, 0.2) is 0 Å². The summed E-state index contributed by atoms with van der Waals surface area (Å²) >= 11 is 0. The molecule has 0 aliphatic heterocycles. The average Bonchev–Trinajstić information content (AvgIpc) is 2.80. The predicted octanol–water partition coefficient (Wildman–Crippen LogP) is 0.952. The maximum atomic E-state index is 11.5. The van der Waals surface area contributed by atoms with Crippen LogP contribution in [0, 0.1) is 19.3 Å². The summed E-state index contributed by atoms with van der Waals surface area (Å²) in [6.45, 7) is 3.91. The molecule has 1 atom stereocenters. The number of terminal acetylenes is 1. The van der Waals surface area contributed by atoms with Gasteiger partial charge in [-0.15, -0.1) is 6.42 Å². The Morgan fingerprint density at radius 2 is 2.37 bits per heavy atom. The number of rotatable bonds is 7. The molecule has 0 bridgehead atoms. The number of hydrogen-bond acceptors (Lipinski definition) is 4. The molecule has 5 heteroatoms. The van der Waals surface area contributed by atoms with Crippen molar-refractivity contribution in [3.63, 3.8) is 0 Å². The van der Waals surface area contributed by atoms with E-state index in [-0.39, 0.29) is 32.1 Å². The van der Waals surface area contributed by atoms with Crippen LogP contribution in [0.25, 0.3) is 0 Å². The molecular weight excluding hydrogens is 246 g/mol. The van der Waals surface area contributed by atoms with E-state index in [1.54, 1.807) is 26.0 Å². The number of amides is 1. The number of carbonyl (C=O) groups is 1. The molecule has 0 saturated heterocycles. The fourth-order valence-corrected chi connectivity index (χ4v) is 1.47. The van der Waals surface area contributed by atoms with Crippen LogP contribution < -0.4 is 5.32 Å². The number of nitrogens with one attached hydrogen (secondary N) is 1. The lowest BCUT2D eigenvalue weighted by molar-refractivity contribution is -0.123. The molecule has 104 valence electrons. The van der Waals surface area contributed by atoms with Crippen molar-refractivity contribution in [3.05, 3.63) is 23.7 Å². The van der Waals surface area contributed by atoms with Crippen LogP contribution in [-0.2, 0) is 15.1 Å². The summed E-state index contributed by atoms with van der Waals surface area (Å²) in [5.41, 5.74) is -1.23. The van der Waals surface area contributed by atoms with Gasteiger partial charge in [0.2, 0.25) is 5.91 Å². The van der Waals surface area contributed by atoms with Crippen molar-refractivity contribution in [3.8, 4) is 12.3 Å². The molecule has 0 aliphatic carbocycles. The monoisotopic (exact) mass is 265 g/mol. The molecule has 1 unspecified atom stereocenters. The third-order valence-electron chi connectivity index (χ3n) is 2.56. The summed E-state index contributed by atoms with van der Waals surface area (Å²) in [7, 11) is 0. The van der Waals surface area contributed by atoms with Gasteiger partial charge in [-0.05, 0) is 26.0 Å². The number of carbonyl (C=O) groups excluding carboxylic acids is 1. The average molecular weight is 265 g/mol. The van der Waals surface area contributed by atoms with E-state index < -0.39 is 5.60 Å². The molecule has 0 aromatic carbocycles. The molecule has 0 aliphatic rings. The van der Waals surface area contributed by atoms with Crippen molar-refractivity contribution in [2.45, 2.75) is 25.9 Å². The van der Waals surface area contributed by atoms with Crippen molar-refractivity contribution < 1.29 is 19.1 Å². The third kappa shape index (κ3) is 5.16.